The molecule has 0 bridgehead atoms. The van der Waals surface area contributed by atoms with Crippen LogP contribution in [-0.2, 0) is 20.8 Å². The van der Waals surface area contributed by atoms with E-state index in [-0.39, 0.29) is 0 Å². The summed E-state index contributed by atoms with van der Waals surface area (Å²) in [5.41, 5.74) is 0.650. The lowest BCUT2D eigenvalue weighted by Crippen LogP contribution is -2.56. The highest BCUT2D eigenvalue weighted by Gasteiger charge is 2.41. The quantitative estimate of drug-likeness (QED) is 0.822. The Kier molecular flexibility index (Phi) is 5.19. The Morgan fingerprint density at radius 2 is 1.71 bits per heavy atom. The second-order valence-corrected chi connectivity index (χ2v) is 11.0. The second-order valence-electron chi connectivity index (χ2n) is 7.58. The maximum absolute atomic E-state index is 13.0. The molecule has 0 amide bonds. The van der Waals surface area contributed by atoms with Gasteiger partial charge in [0.2, 0.25) is 10.0 Å². The average molecular weight is 370 g/mol. The van der Waals surface area contributed by atoms with Gasteiger partial charge in [0.05, 0.1) is 4.90 Å². The molecule has 24 heavy (non-hydrogen) atoms. The highest BCUT2D eigenvalue weighted by atomic mass is 32.2. The third-order valence-electron chi connectivity index (χ3n) is 5.26. The topological polar surface area (TPSA) is 54.5 Å². The first-order valence-electron chi connectivity index (χ1n) is 8.78. The van der Waals surface area contributed by atoms with Gasteiger partial charge in [-0.2, -0.15) is 4.31 Å². The van der Waals surface area contributed by atoms with Crippen LogP contribution in [-0.4, -0.2) is 40.5 Å². The Labute approximate surface area is 148 Å². The van der Waals surface area contributed by atoms with E-state index in [1.54, 1.807) is 12.1 Å². The summed E-state index contributed by atoms with van der Waals surface area (Å²) >= 11 is 0. The molecule has 2 fully saturated rings. The van der Waals surface area contributed by atoms with Crippen LogP contribution in [0.3, 0.4) is 0 Å². The molecule has 1 heterocycles. The predicted molar refractivity (Wildman–Crippen MR) is 98.1 cm³/mol. The fourth-order valence-corrected chi connectivity index (χ4v) is 7.40. The third kappa shape index (κ3) is 3.60. The van der Waals surface area contributed by atoms with Crippen molar-refractivity contribution in [2.24, 2.45) is 0 Å². The summed E-state index contributed by atoms with van der Waals surface area (Å²) in [5.74, 6) is 1.39. The number of nitrogens with zero attached hydrogens (tertiary/aromatic N) is 1. The van der Waals surface area contributed by atoms with Gasteiger partial charge in [0, 0.05) is 34.4 Å². The van der Waals surface area contributed by atoms with Crippen LogP contribution in [0, 0.1) is 0 Å². The van der Waals surface area contributed by atoms with E-state index in [9.17, 15) is 12.6 Å². The molecule has 1 unspecified atom stereocenters. The first kappa shape index (κ1) is 18.1. The van der Waals surface area contributed by atoms with Gasteiger partial charge in [0.1, 0.15) is 0 Å². The molecule has 134 valence electrons. The largest absolute Gasteiger partial charge is 0.259 e. The fraction of sp³-hybridized carbons (Fsp3) is 0.667. The zero-order valence-electron chi connectivity index (χ0n) is 14.5. The van der Waals surface area contributed by atoms with Crippen LogP contribution in [0.15, 0.2) is 29.2 Å². The molecule has 0 spiro atoms. The monoisotopic (exact) mass is 369 g/mol. The van der Waals surface area contributed by atoms with Crippen molar-refractivity contribution in [1.82, 2.24) is 4.31 Å². The Balaban J connectivity index is 1.83. The van der Waals surface area contributed by atoms with E-state index in [2.05, 4.69) is 0 Å². The first-order valence-corrected chi connectivity index (χ1v) is 11.7. The third-order valence-corrected chi connectivity index (χ3v) is 9.05. The molecule has 1 aromatic carbocycles. The molecule has 1 atom stereocenters. The van der Waals surface area contributed by atoms with Crippen LogP contribution < -0.4 is 0 Å². The van der Waals surface area contributed by atoms with Crippen molar-refractivity contribution in [3.63, 3.8) is 0 Å². The normalized spacial score (nSPS) is 26.3. The van der Waals surface area contributed by atoms with Crippen molar-refractivity contribution >= 4 is 20.8 Å². The molecule has 0 aromatic heterocycles. The lowest BCUT2D eigenvalue weighted by Gasteiger charge is -2.40. The summed E-state index contributed by atoms with van der Waals surface area (Å²) in [5, 5.41) is 0. The summed E-state index contributed by atoms with van der Waals surface area (Å²) in [7, 11) is -4.48. The van der Waals surface area contributed by atoms with Crippen LogP contribution in [0.25, 0.3) is 0 Å². The van der Waals surface area contributed by atoms with Gasteiger partial charge in [-0.25, -0.2) is 8.42 Å². The average Bonchev–Trinajstić information content (AvgIpc) is 2.54. The fourth-order valence-electron chi connectivity index (χ4n) is 3.95. The van der Waals surface area contributed by atoms with E-state index >= 15 is 0 Å². The number of rotatable bonds is 3. The molecule has 2 aliphatic rings. The standard InChI is InChI=1S/C18H27NO3S2/c1-18(2)14-23(20)13-12-19(18)24(21,22)17-10-8-16(9-11-17)15-6-4-3-5-7-15/h8-11,15H,3-7,12-14H2,1-2H3. The molecular weight excluding hydrogens is 342 g/mol. The van der Waals surface area contributed by atoms with Gasteiger partial charge in [-0.05, 0) is 50.3 Å². The highest BCUT2D eigenvalue weighted by molar-refractivity contribution is 7.89. The lowest BCUT2D eigenvalue weighted by atomic mass is 9.84. The zero-order chi connectivity index (χ0) is 17.4. The van der Waals surface area contributed by atoms with Crippen LogP contribution in [0.5, 0.6) is 0 Å². The second kappa shape index (κ2) is 6.89. The molecule has 1 aliphatic heterocycles. The van der Waals surface area contributed by atoms with Gasteiger partial charge < -0.3 is 0 Å². The van der Waals surface area contributed by atoms with E-state index in [0.29, 0.717) is 28.9 Å². The van der Waals surface area contributed by atoms with Crippen LogP contribution in [0.1, 0.15) is 57.4 Å². The molecule has 1 saturated heterocycles. The number of hydrogen-bond donors (Lipinski definition) is 0. The first-order chi connectivity index (χ1) is 11.3. The van der Waals surface area contributed by atoms with Crippen LogP contribution in [0.2, 0.25) is 0 Å². The molecule has 4 nitrogen and oxygen atoms in total. The molecule has 0 N–H and O–H groups in total. The van der Waals surface area contributed by atoms with Crippen molar-refractivity contribution in [1.29, 1.82) is 0 Å². The van der Waals surface area contributed by atoms with Gasteiger partial charge in [-0.3, -0.25) is 4.21 Å². The van der Waals surface area contributed by atoms with Gasteiger partial charge in [0.25, 0.3) is 0 Å². The van der Waals surface area contributed by atoms with Gasteiger partial charge in [0.15, 0.2) is 0 Å². The van der Waals surface area contributed by atoms with Crippen molar-refractivity contribution in [3.8, 4) is 0 Å². The van der Waals surface area contributed by atoms with Gasteiger partial charge in [-0.1, -0.05) is 31.4 Å². The summed E-state index contributed by atoms with van der Waals surface area (Å²) in [6.45, 7) is 4.04. The Hall–Kier alpha value is -0.720. The van der Waals surface area contributed by atoms with Gasteiger partial charge in [-0.15, -0.1) is 0 Å². The molecule has 3 rings (SSSR count). The minimum Gasteiger partial charge on any atom is -0.259 e. The maximum atomic E-state index is 13.0. The lowest BCUT2D eigenvalue weighted by molar-refractivity contribution is 0.256. The van der Waals surface area contributed by atoms with E-state index in [1.165, 1.54) is 42.0 Å². The van der Waals surface area contributed by atoms with E-state index in [1.807, 2.05) is 26.0 Å². The smallest absolute Gasteiger partial charge is 0.243 e. The Morgan fingerprint density at radius 3 is 2.29 bits per heavy atom. The molecule has 1 saturated carbocycles. The van der Waals surface area contributed by atoms with Crippen LogP contribution in [0.4, 0.5) is 0 Å². The van der Waals surface area contributed by atoms with E-state index in [4.69, 9.17) is 0 Å². The summed E-state index contributed by atoms with van der Waals surface area (Å²) < 4.78 is 39.4. The summed E-state index contributed by atoms with van der Waals surface area (Å²) in [4.78, 5) is 0.350. The van der Waals surface area contributed by atoms with E-state index < -0.39 is 26.4 Å². The number of sulfonamides is 1. The molecule has 6 heteroatoms. The minimum atomic E-state index is -3.54. The molecule has 1 aliphatic carbocycles. The van der Waals surface area contributed by atoms with Crippen molar-refractivity contribution in [2.45, 2.75) is 62.3 Å². The SMILES string of the molecule is CC1(C)CS(=O)CCN1S(=O)(=O)c1ccc(C2CCCCC2)cc1. The summed E-state index contributed by atoms with van der Waals surface area (Å²) in [6.07, 6.45) is 6.26. The minimum absolute atomic E-state index is 0.326. The van der Waals surface area contributed by atoms with Crippen molar-refractivity contribution < 1.29 is 12.6 Å². The number of benzene rings is 1. The molecule has 1 aromatic rings. The van der Waals surface area contributed by atoms with Gasteiger partial charge >= 0.3 is 0 Å². The highest BCUT2D eigenvalue weighted by Crippen LogP contribution is 2.34. The maximum Gasteiger partial charge on any atom is 0.243 e. The Bertz CT molecular complexity index is 704. The van der Waals surface area contributed by atoms with Crippen LogP contribution >= 0.6 is 0 Å². The molecular formula is C18H27NO3S2. The van der Waals surface area contributed by atoms with Crippen molar-refractivity contribution in [2.75, 3.05) is 18.1 Å². The number of hydrogen-bond acceptors (Lipinski definition) is 3. The van der Waals surface area contributed by atoms with E-state index in [0.717, 1.165) is 0 Å². The summed E-state index contributed by atoms with van der Waals surface area (Å²) in [6, 6.07) is 7.47. The van der Waals surface area contributed by atoms with Crippen molar-refractivity contribution in [3.05, 3.63) is 29.8 Å². The molecule has 0 radical (unpaired) electrons. The zero-order valence-corrected chi connectivity index (χ0v) is 16.2. The Morgan fingerprint density at radius 1 is 1.08 bits per heavy atom. The predicted octanol–water partition coefficient (Wildman–Crippen LogP) is 3.27.